The lowest BCUT2D eigenvalue weighted by Crippen LogP contribution is -1.88. The third-order valence-corrected chi connectivity index (χ3v) is 2.24. The summed E-state index contributed by atoms with van der Waals surface area (Å²) in [6, 6.07) is 5.80. The van der Waals surface area contributed by atoms with E-state index < -0.39 is 0 Å². The van der Waals surface area contributed by atoms with Crippen molar-refractivity contribution in [3.8, 4) is 11.5 Å². The standard InChI is InChI=1S/C12H16O2S/c1-13-11-7-10(5-3-4-6-15)8-12(9-11)14-2/h3,5,7-9,15H,4,6H2,1-2H3. The first kappa shape index (κ1) is 12.0. The molecule has 0 heterocycles. The largest absolute Gasteiger partial charge is 0.497 e. The van der Waals surface area contributed by atoms with E-state index in [-0.39, 0.29) is 0 Å². The number of rotatable bonds is 5. The lowest BCUT2D eigenvalue weighted by molar-refractivity contribution is 0.394. The third kappa shape index (κ3) is 3.88. The molecule has 0 N–H and O–H groups in total. The second kappa shape index (κ2) is 6.40. The minimum atomic E-state index is 0.805. The van der Waals surface area contributed by atoms with Crippen LogP contribution in [0.2, 0.25) is 0 Å². The van der Waals surface area contributed by atoms with Gasteiger partial charge in [-0.1, -0.05) is 12.2 Å². The van der Waals surface area contributed by atoms with Crippen molar-refractivity contribution in [3.05, 3.63) is 29.8 Å². The van der Waals surface area contributed by atoms with Gasteiger partial charge in [0.1, 0.15) is 11.5 Å². The second-order valence-corrected chi connectivity index (χ2v) is 3.51. The SMILES string of the molecule is COc1cc(C=CCCS)cc(OC)c1. The number of allylic oxidation sites excluding steroid dienone is 1. The molecule has 0 saturated heterocycles. The maximum absolute atomic E-state index is 5.17. The lowest BCUT2D eigenvalue weighted by atomic mass is 10.2. The van der Waals surface area contributed by atoms with Gasteiger partial charge >= 0.3 is 0 Å². The maximum Gasteiger partial charge on any atom is 0.123 e. The van der Waals surface area contributed by atoms with Crippen molar-refractivity contribution in [1.82, 2.24) is 0 Å². The molecule has 0 amide bonds. The third-order valence-electron chi connectivity index (χ3n) is 1.98. The topological polar surface area (TPSA) is 18.5 Å². The van der Waals surface area contributed by atoms with Gasteiger partial charge < -0.3 is 9.47 Å². The number of methoxy groups -OCH3 is 2. The van der Waals surface area contributed by atoms with E-state index in [1.807, 2.05) is 24.3 Å². The Morgan fingerprint density at radius 1 is 1.13 bits per heavy atom. The van der Waals surface area contributed by atoms with Gasteiger partial charge in [0.15, 0.2) is 0 Å². The first-order valence-corrected chi connectivity index (χ1v) is 5.44. The van der Waals surface area contributed by atoms with E-state index >= 15 is 0 Å². The molecule has 0 fully saturated rings. The monoisotopic (exact) mass is 224 g/mol. The Morgan fingerprint density at radius 3 is 2.20 bits per heavy atom. The molecule has 0 spiro atoms. The van der Waals surface area contributed by atoms with Crippen molar-refractivity contribution in [3.63, 3.8) is 0 Å². The number of hydrogen-bond acceptors (Lipinski definition) is 3. The summed E-state index contributed by atoms with van der Waals surface area (Å²) in [7, 11) is 3.30. The van der Waals surface area contributed by atoms with Crippen molar-refractivity contribution in [2.45, 2.75) is 6.42 Å². The van der Waals surface area contributed by atoms with Gasteiger partial charge in [0.25, 0.3) is 0 Å². The highest BCUT2D eigenvalue weighted by Gasteiger charge is 1.98. The minimum absolute atomic E-state index is 0.805. The predicted octanol–water partition coefficient (Wildman–Crippen LogP) is 3.04. The lowest BCUT2D eigenvalue weighted by Gasteiger charge is -2.05. The molecule has 0 radical (unpaired) electrons. The van der Waals surface area contributed by atoms with Gasteiger partial charge in [-0.15, -0.1) is 0 Å². The Kier molecular flexibility index (Phi) is 5.12. The fourth-order valence-corrected chi connectivity index (χ4v) is 1.37. The summed E-state index contributed by atoms with van der Waals surface area (Å²) in [6.45, 7) is 0. The van der Waals surface area contributed by atoms with Gasteiger partial charge in [-0.05, 0) is 29.9 Å². The molecule has 0 aliphatic rings. The van der Waals surface area contributed by atoms with Crippen molar-refractivity contribution >= 4 is 18.7 Å². The smallest absolute Gasteiger partial charge is 0.123 e. The van der Waals surface area contributed by atoms with E-state index in [9.17, 15) is 0 Å². The van der Waals surface area contributed by atoms with E-state index in [1.165, 1.54) is 0 Å². The number of ether oxygens (including phenoxy) is 2. The highest BCUT2D eigenvalue weighted by atomic mass is 32.1. The van der Waals surface area contributed by atoms with Gasteiger partial charge in [0.05, 0.1) is 14.2 Å². The Morgan fingerprint density at radius 2 is 1.73 bits per heavy atom. The summed E-state index contributed by atoms with van der Waals surface area (Å²) in [5.74, 6) is 2.47. The Labute approximate surface area is 96.3 Å². The predicted molar refractivity (Wildman–Crippen MR) is 67.1 cm³/mol. The zero-order valence-electron chi connectivity index (χ0n) is 9.06. The molecule has 1 rings (SSSR count). The molecule has 0 unspecified atom stereocenters. The van der Waals surface area contributed by atoms with E-state index in [2.05, 4.69) is 18.7 Å². The molecular weight excluding hydrogens is 208 g/mol. The van der Waals surface area contributed by atoms with Gasteiger partial charge in [0.2, 0.25) is 0 Å². The molecule has 15 heavy (non-hydrogen) atoms. The van der Waals surface area contributed by atoms with Gasteiger partial charge in [-0.25, -0.2) is 0 Å². The molecule has 2 nitrogen and oxygen atoms in total. The van der Waals surface area contributed by atoms with E-state index in [0.717, 1.165) is 29.2 Å². The first-order chi connectivity index (χ1) is 7.30. The van der Waals surface area contributed by atoms with Crippen molar-refractivity contribution in [2.75, 3.05) is 20.0 Å². The fraction of sp³-hybridized carbons (Fsp3) is 0.333. The van der Waals surface area contributed by atoms with Crippen LogP contribution in [0, 0.1) is 0 Å². The Hall–Kier alpha value is -1.09. The van der Waals surface area contributed by atoms with E-state index in [4.69, 9.17) is 9.47 Å². The van der Waals surface area contributed by atoms with Gasteiger partial charge in [0, 0.05) is 6.07 Å². The van der Waals surface area contributed by atoms with E-state index in [0.29, 0.717) is 0 Å². The van der Waals surface area contributed by atoms with Crippen LogP contribution >= 0.6 is 12.6 Å². The molecule has 3 heteroatoms. The average molecular weight is 224 g/mol. The van der Waals surface area contributed by atoms with Crippen LogP contribution in [-0.4, -0.2) is 20.0 Å². The van der Waals surface area contributed by atoms with Crippen LogP contribution in [0.4, 0.5) is 0 Å². The maximum atomic E-state index is 5.17. The van der Waals surface area contributed by atoms with E-state index in [1.54, 1.807) is 14.2 Å². The summed E-state index contributed by atoms with van der Waals surface area (Å²) in [6.07, 6.45) is 5.09. The molecule has 0 aliphatic carbocycles. The highest BCUT2D eigenvalue weighted by molar-refractivity contribution is 7.80. The summed E-state index contributed by atoms with van der Waals surface area (Å²) in [5.41, 5.74) is 1.08. The minimum Gasteiger partial charge on any atom is -0.497 e. The molecule has 1 aromatic rings. The molecule has 0 aromatic heterocycles. The van der Waals surface area contributed by atoms with Crippen molar-refractivity contribution < 1.29 is 9.47 Å². The van der Waals surface area contributed by atoms with Gasteiger partial charge in [-0.2, -0.15) is 12.6 Å². The summed E-state index contributed by atoms with van der Waals surface area (Å²) >= 11 is 4.14. The molecular formula is C12H16O2S. The van der Waals surface area contributed by atoms with Crippen LogP contribution in [0.25, 0.3) is 6.08 Å². The van der Waals surface area contributed by atoms with Crippen LogP contribution in [0.1, 0.15) is 12.0 Å². The highest BCUT2D eigenvalue weighted by Crippen LogP contribution is 2.23. The molecule has 0 bridgehead atoms. The van der Waals surface area contributed by atoms with Crippen molar-refractivity contribution in [2.24, 2.45) is 0 Å². The van der Waals surface area contributed by atoms with Crippen LogP contribution in [-0.2, 0) is 0 Å². The van der Waals surface area contributed by atoms with Crippen LogP contribution in [0.15, 0.2) is 24.3 Å². The molecule has 82 valence electrons. The molecule has 0 aliphatic heterocycles. The molecule has 0 atom stereocenters. The molecule has 0 saturated carbocycles. The van der Waals surface area contributed by atoms with Crippen LogP contribution in [0.5, 0.6) is 11.5 Å². The summed E-state index contributed by atoms with van der Waals surface area (Å²) in [4.78, 5) is 0. The zero-order valence-corrected chi connectivity index (χ0v) is 9.96. The second-order valence-electron chi connectivity index (χ2n) is 3.06. The average Bonchev–Trinajstić information content (AvgIpc) is 2.29. The number of benzene rings is 1. The van der Waals surface area contributed by atoms with Crippen molar-refractivity contribution in [1.29, 1.82) is 0 Å². The zero-order chi connectivity index (χ0) is 11.1. The van der Waals surface area contributed by atoms with Gasteiger partial charge in [-0.3, -0.25) is 0 Å². The van der Waals surface area contributed by atoms with Crippen LogP contribution in [0.3, 0.4) is 0 Å². The fourth-order valence-electron chi connectivity index (χ4n) is 1.22. The quantitative estimate of drug-likeness (QED) is 0.775. The molecule has 1 aromatic carbocycles. The Balaban J connectivity index is 2.86. The number of hydrogen-bond donors (Lipinski definition) is 1. The Bertz CT molecular complexity index is 312. The first-order valence-electron chi connectivity index (χ1n) is 4.80. The van der Waals surface area contributed by atoms with Crippen LogP contribution < -0.4 is 9.47 Å². The summed E-state index contributed by atoms with van der Waals surface area (Å²) < 4.78 is 10.3. The number of thiol groups is 1. The summed E-state index contributed by atoms with van der Waals surface area (Å²) in [5, 5.41) is 0. The normalized spacial score (nSPS) is 10.6.